The quantitative estimate of drug-likeness (QED) is 0.369. The molecule has 5 rings (SSSR count). The summed E-state index contributed by atoms with van der Waals surface area (Å²) < 4.78 is 53.7. The molecular formula is C24H25Cl2F4N5S. The van der Waals surface area contributed by atoms with Crippen LogP contribution in [0.1, 0.15) is 22.7 Å². The lowest BCUT2D eigenvalue weighted by molar-refractivity contribution is -0.137. The lowest BCUT2D eigenvalue weighted by Crippen LogP contribution is -2.53. The van der Waals surface area contributed by atoms with Crippen molar-refractivity contribution in [3.63, 3.8) is 0 Å². The first-order valence-electron chi connectivity index (χ1n) is 11.0. The van der Waals surface area contributed by atoms with Gasteiger partial charge in [-0.3, -0.25) is 4.90 Å². The van der Waals surface area contributed by atoms with Crippen molar-refractivity contribution in [1.29, 1.82) is 0 Å². The van der Waals surface area contributed by atoms with Gasteiger partial charge in [-0.1, -0.05) is 35.6 Å². The van der Waals surface area contributed by atoms with Crippen molar-refractivity contribution in [2.45, 2.75) is 25.1 Å². The molecule has 2 aliphatic rings. The number of nitrogens with one attached hydrogen (secondary N) is 1. The van der Waals surface area contributed by atoms with E-state index in [9.17, 15) is 17.6 Å². The molecule has 0 saturated carbocycles. The van der Waals surface area contributed by atoms with E-state index < -0.39 is 11.2 Å². The Morgan fingerprint density at radius 2 is 1.78 bits per heavy atom. The van der Waals surface area contributed by atoms with E-state index in [2.05, 4.69) is 22.2 Å². The maximum Gasteiger partial charge on any atom is 0.443 e. The normalized spacial score (nSPS) is 17.5. The lowest BCUT2D eigenvalue weighted by atomic mass is 10.0. The second-order valence-electron chi connectivity index (χ2n) is 8.52. The summed E-state index contributed by atoms with van der Waals surface area (Å²) in [6, 6.07) is 14.0. The Bertz CT molecular complexity index is 1220. The van der Waals surface area contributed by atoms with Crippen LogP contribution in [0, 0.1) is 5.82 Å². The van der Waals surface area contributed by atoms with Gasteiger partial charge in [-0.15, -0.1) is 24.8 Å². The number of hydrogen-bond acceptors (Lipinski definition) is 6. The standard InChI is InChI=1S/C24H23F4N5S.2ClH/c1-32-12-13-33(14-17(32)11-8-15-6-9-16(25)10-7-15)21-20-22(34-23(31-20)24(26,27)28)30-19-5-3-2-4-18(19)29-21;;/h2-7,9-10,17,30H,8,11-14H2,1H3;2*1H/t17-;;/m0../s1. The molecule has 0 amide bonds. The number of hydrogen-bond donors (Lipinski definition) is 1. The van der Waals surface area contributed by atoms with Gasteiger partial charge in [0.2, 0.25) is 5.01 Å². The van der Waals surface area contributed by atoms with Crippen molar-refractivity contribution in [3.8, 4) is 0 Å². The second-order valence-corrected chi connectivity index (χ2v) is 9.52. The average molecular weight is 562 g/mol. The largest absolute Gasteiger partial charge is 0.443 e. The fraction of sp³-hybridized carbons (Fsp3) is 0.333. The summed E-state index contributed by atoms with van der Waals surface area (Å²) in [7, 11) is 2.05. The van der Waals surface area contributed by atoms with E-state index in [1.54, 1.807) is 18.2 Å². The molecule has 1 fully saturated rings. The summed E-state index contributed by atoms with van der Waals surface area (Å²) in [5.74, 6) is 0.196. The zero-order valence-electron chi connectivity index (χ0n) is 19.3. The number of para-hydroxylation sites is 2. The lowest BCUT2D eigenvalue weighted by Gasteiger charge is -2.40. The van der Waals surface area contributed by atoms with Crippen LogP contribution in [0.3, 0.4) is 0 Å². The van der Waals surface area contributed by atoms with Gasteiger partial charge in [0, 0.05) is 25.7 Å². The van der Waals surface area contributed by atoms with Gasteiger partial charge in [0.25, 0.3) is 0 Å². The molecular weight excluding hydrogens is 537 g/mol. The highest BCUT2D eigenvalue weighted by molar-refractivity contribution is 7.16. The molecule has 3 aromatic rings. The molecule has 0 bridgehead atoms. The Kier molecular flexibility index (Phi) is 8.87. The Labute approximate surface area is 223 Å². The first-order valence-corrected chi connectivity index (χ1v) is 11.8. The zero-order valence-corrected chi connectivity index (χ0v) is 21.7. The van der Waals surface area contributed by atoms with E-state index in [1.165, 1.54) is 12.1 Å². The van der Waals surface area contributed by atoms with Crippen LogP contribution in [-0.2, 0) is 12.6 Å². The maximum atomic E-state index is 13.5. The van der Waals surface area contributed by atoms with Crippen LogP contribution in [0.15, 0.2) is 53.5 Å². The SMILES string of the molecule is CN1CCN(C2=Nc3ccccc3Nc3sc(C(F)(F)F)nc32)C[C@@H]1CCc1ccc(F)cc1.Cl.Cl. The molecule has 3 heterocycles. The van der Waals surface area contributed by atoms with Gasteiger partial charge in [-0.25, -0.2) is 14.4 Å². The van der Waals surface area contributed by atoms with Gasteiger partial charge in [0.05, 0.1) is 11.4 Å². The Morgan fingerprint density at radius 1 is 1.06 bits per heavy atom. The number of alkyl halides is 3. The highest BCUT2D eigenvalue weighted by Gasteiger charge is 2.39. The molecule has 0 radical (unpaired) electrons. The van der Waals surface area contributed by atoms with Crippen LogP contribution in [-0.4, -0.2) is 53.3 Å². The highest BCUT2D eigenvalue weighted by Crippen LogP contribution is 2.42. The first-order chi connectivity index (χ1) is 16.3. The summed E-state index contributed by atoms with van der Waals surface area (Å²) in [5.41, 5.74) is 2.60. The summed E-state index contributed by atoms with van der Waals surface area (Å²) >= 11 is 0.601. The number of anilines is 2. The summed E-state index contributed by atoms with van der Waals surface area (Å²) in [6.07, 6.45) is -2.92. The number of rotatable bonds is 3. The fourth-order valence-electron chi connectivity index (χ4n) is 4.30. The van der Waals surface area contributed by atoms with Gasteiger partial charge < -0.3 is 10.2 Å². The summed E-state index contributed by atoms with van der Waals surface area (Å²) in [5, 5.41) is 2.56. The molecule has 1 aromatic heterocycles. The van der Waals surface area contributed by atoms with Crippen molar-refractivity contribution in [2.75, 3.05) is 32.0 Å². The molecule has 1 atom stereocenters. The molecule has 36 heavy (non-hydrogen) atoms. The molecule has 1 N–H and O–H groups in total. The molecule has 5 nitrogen and oxygen atoms in total. The van der Waals surface area contributed by atoms with Gasteiger partial charge in [0.1, 0.15) is 16.5 Å². The third-order valence-electron chi connectivity index (χ3n) is 6.22. The number of aliphatic imine (C=N–C) groups is 1. The van der Waals surface area contributed by atoms with Crippen molar-refractivity contribution in [1.82, 2.24) is 14.8 Å². The number of thiazole rings is 1. The number of aromatic nitrogens is 1. The Hall–Kier alpha value is -2.40. The van der Waals surface area contributed by atoms with Gasteiger partial charge >= 0.3 is 6.18 Å². The molecule has 0 aliphatic carbocycles. The van der Waals surface area contributed by atoms with Crippen molar-refractivity contribution >= 4 is 58.4 Å². The molecule has 12 heteroatoms. The topological polar surface area (TPSA) is 43.8 Å². The van der Waals surface area contributed by atoms with Gasteiger partial charge in [0.15, 0.2) is 5.84 Å². The second kappa shape index (κ2) is 11.3. The number of amidine groups is 1. The highest BCUT2D eigenvalue weighted by atomic mass is 35.5. The number of fused-ring (bicyclic) bond motifs is 2. The van der Waals surface area contributed by atoms with Crippen LogP contribution >= 0.6 is 36.2 Å². The third kappa shape index (κ3) is 5.94. The minimum absolute atomic E-state index is 0. The minimum Gasteiger partial charge on any atom is -0.352 e. The van der Waals surface area contributed by atoms with Gasteiger partial charge in [-0.2, -0.15) is 13.2 Å². The minimum atomic E-state index is -4.52. The number of halogens is 6. The van der Waals surface area contributed by atoms with E-state index in [4.69, 9.17) is 4.99 Å². The number of nitrogens with zero attached hydrogens (tertiary/aromatic N) is 4. The molecule has 194 valence electrons. The van der Waals surface area contributed by atoms with E-state index in [0.29, 0.717) is 46.6 Å². The Balaban J connectivity index is 0.00000180. The van der Waals surface area contributed by atoms with Gasteiger partial charge in [-0.05, 0) is 49.7 Å². The fourth-order valence-corrected chi connectivity index (χ4v) is 5.14. The van der Waals surface area contributed by atoms with Crippen LogP contribution in [0.2, 0.25) is 0 Å². The van der Waals surface area contributed by atoms with Crippen LogP contribution in [0.25, 0.3) is 0 Å². The summed E-state index contributed by atoms with van der Waals surface area (Å²) in [6.45, 7) is 1.98. The average Bonchev–Trinajstić information content (AvgIpc) is 3.17. The van der Waals surface area contributed by atoms with E-state index in [-0.39, 0.29) is 42.4 Å². The number of piperazine rings is 1. The Morgan fingerprint density at radius 3 is 2.50 bits per heavy atom. The molecule has 2 aliphatic heterocycles. The maximum absolute atomic E-state index is 13.5. The molecule has 0 unspecified atom stereocenters. The molecule has 2 aromatic carbocycles. The van der Waals surface area contributed by atoms with Crippen LogP contribution in [0.4, 0.5) is 33.9 Å². The predicted octanol–water partition coefficient (Wildman–Crippen LogP) is 6.53. The molecule has 1 saturated heterocycles. The monoisotopic (exact) mass is 561 g/mol. The third-order valence-corrected chi connectivity index (χ3v) is 7.23. The number of aryl methyl sites for hydroxylation is 1. The zero-order chi connectivity index (χ0) is 23.9. The van der Waals surface area contributed by atoms with Crippen molar-refractivity contribution in [3.05, 3.63) is 70.6 Å². The van der Waals surface area contributed by atoms with Crippen LogP contribution in [0.5, 0.6) is 0 Å². The van der Waals surface area contributed by atoms with E-state index in [1.807, 2.05) is 23.1 Å². The number of benzene rings is 2. The number of likely N-dealkylation sites (N-methyl/N-ethyl adjacent to an activating group) is 1. The van der Waals surface area contributed by atoms with E-state index >= 15 is 0 Å². The van der Waals surface area contributed by atoms with Crippen molar-refractivity contribution in [2.24, 2.45) is 4.99 Å². The van der Waals surface area contributed by atoms with Crippen LogP contribution < -0.4 is 5.32 Å². The predicted molar refractivity (Wildman–Crippen MR) is 140 cm³/mol. The summed E-state index contributed by atoms with van der Waals surface area (Å²) in [4.78, 5) is 13.1. The van der Waals surface area contributed by atoms with Crippen molar-refractivity contribution < 1.29 is 17.6 Å². The molecule has 0 spiro atoms. The van der Waals surface area contributed by atoms with E-state index in [0.717, 1.165) is 24.9 Å². The smallest absolute Gasteiger partial charge is 0.352 e. The first kappa shape index (κ1) is 28.2.